The minimum atomic E-state index is -0.941. The Labute approximate surface area is 116 Å². The summed E-state index contributed by atoms with van der Waals surface area (Å²) in [5.74, 6) is -1.11. The molecular formula is C14H17FN2O3. The van der Waals surface area contributed by atoms with Crippen LogP contribution in [-0.4, -0.2) is 23.1 Å². The smallest absolute Gasteiger partial charge is 0.319 e. The lowest BCUT2D eigenvalue weighted by Crippen LogP contribution is -2.40. The monoisotopic (exact) mass is 280 g/mol. The largest absolute Gasteiger partial charge is 0.481 e. The number of carboxylic acid groups (broad SMARTS) is 1. The number of carbonyl (C=O) groups is 2. The lowest BCUT2D eigenvalue weighted by Gasteiger charge is -2.17. The van der Waals surface area contributed by atoms with Gasteiger partial charge < -0.3 is 15.7 Å². The molecule has 1 aliphatic rings. The Morgan fingerprint density at radius 2 is 2.15 bits per heavy atom. The van der Waals surface area contributed by atoms with Gasteiger partial charge in [0.05, 0.1) is 6.42 Å². The fraction of sp³-hybridized carbons (Fsp3) is 0.429. The van der Waals surface area contributed by atoms with E-state index in [2.05, 4.69) is 10.6 Å². The Morgan fingerprint density at radius 1 is 1.45 bits per heavy atom. The fourth-order valence-electron chi connectivity index (χ4n) is 2.09. The van der Waals surface area contributed by atoms with Crippen LogP contribution in [0.25, 0.3) is 0 Å². The van der Waals surface area contributed by atoms with Crippen molar-refractivity contribution >= 4 is 17.7 Å². The third-order valence-electron chi connectivity index (χ3n) is 3.42. The maximum absolute atomic E-state index is 13.4. The van der Waals surface area contributed by atoms with Crippen molar-refractivity contribution in [2.24, 2.45) is 5.92 Å². The van der Waals surface area contributed by atoms with Crippen molar-refractivity contribution in [2.75, 3.05) is 5.32 Å². The Hall–Kier alpha value is -2.11. The van der Waals surface area contributed by atoms with E-state index in [1.807, 2.05) is 0 Å². The summed E-state index contributed by atoms with van der Waals surface area (Å²) in [6.45, 7) is 1.57. The van der Waals surface area contributed by atoms with Crippen molar-refractivity contribution in [1.29, 1.82) is 0 Å². The number of hydrogen-bond donors (Lipinski definition) is 3. The van der Waals surface area contributed by atoms with Crippen molar-refractivity contribution < 1.29 is 19.1 Å². The highest BCUT2D eigenvalue weighted by Crippen LogP contribution is 2.34. The highest BCUT2D eigenvalue weighted by molar-refractivity contribution is 5.90. The molecule has 108 valence electrons. The summed E-state index contributed by atoms with van der Waals surface area (Å²) in [4.78, 5) is 22.6. The molecule has 0 spiro atoms. The fourth-order valence-corrected chi connectivity index (χ4v) is 2.09. The van der Waals surface area contributed by atoms with E-state index >= 15 is 0 Å². The van der Waals surface area contributed by atoms with Gasteiger partial charge in [0.1, 0.15) is 5.82 Å². The number of urea groups is 1. The molecule has 1 unspecified atom stereocenters. The zero-order valence-corrected chi connectivity index (χ0v) is 11.1. The summed E-state index contributed by atoms with van der Waals surface area (Å²) >= 11 is 0. The summed E-state index contributed by atoms with van der Waals surface area (Å²) in [6, 6.07) is 3.54. The molecule has 3 N–H and O–H groups in total. The lowest BCUT2D eigenvalue weighted by molar-refractivity contribution is -0.137. The second-order valence-electron chi connectivity index (χ2n) is 5.05. The van der Waals surface area contributed by atoms with Crippen LogP contribution in [-0.2, 0) is 4.79 Å². The molecule has 1 aromatic carbocycles. The molecule has 0 aliphatic heterocycles. The van der Waals surface area contributed by atoms with Gasteiger partial charge in [-0.25, -0.2) is 9.18 Å². The summed E-state index contributed by atoms with van der Waals surface area (Å²) in [6.07, 6.45) is 1.76. The van der Waals surface area contributed by atoms with E-state index in [1.54, 1.807) is 13.0 Å². The Bertz CT molecular complexity index is 529. The van der Waals surface area contributed by atoms with Crippen LogP contribution < -0.4 is 10.6 Å². The average Bonchev–Trinajstić information content (AvgIpc) is 3.17. The van der Waals surface area contributed by atoms with Crippen molar-refractivity contribution in [3.05, 3.63) is 29.6 Å². The van der Waals surface area contributed by atoms with Crippen LogP contribution in [0, 0.1) is 18.7 Å². The average molecular weight is 280 g/mol. The van der Waals surface area contributed by atoms with Crippen LogP contribution in [0.1, 0.15) is 24.8 Å². The quantitative estimate of drug-likeness (QED) is 0.775. The third-order valence-corrected chi connectivity index (χ3v) is 3.42. The molecule has 5 nitrogen and oxygen atoms in total. The van der Waals surface area contributed by atoms with Gasteiger partial charge >= 0.3 is 12.0 Å². The Balaban J connectivity index is 1.97. The van der Waals surface area contributed by atoms with Crippen molar-refractivity contribution in [3.63, 3.8) is 0 Å². The van der Waals surface area contributed by atoms with Crippen molar-refractivity contribution in [1.82, 2.24) is 5.32 Å². The molecular weight excluding hydrogens is 263 g/mol. The number of nitrogens with one attached hydrogen (secondary N) is 2. The second kappa shape index (κ2) is 5.90. The molecule has 1 aliphatic carbocycles. The zero-order chi connectivity index (χ0) is 14.7. The highest BCUT2D eigenvalue weighted by Gasteiger charge is 2.33. The maximum Gasteiger partial charge on any atom is 0.319 e. The number of aliphatic carboxylic acids is 1. The molecule has 6 heteroatoms. The molecule has 0 bridgehead atoms. The predicted octanol–water partition coefficient (Wildman–Crippen LogP) is 2.51. The van der Waals surface area contributed by atoms with E-state index in [1.165, 1.54) is 12.1 Å². The summed E-state index contributed by atoms with van der Waals surface area (Å²) in [7, 11) is 0. The van der Waals surface area contributed by atoms with Crippen LogP contribution >= 0.6 is 0 Å². The van der Waals surface area contributed by atoms with Crippen LogP contribution in [0.5, 0.6) is 0 Å². The molecule has 0 heterocycles. The van der Waals surface area contributed by atoms with Gasteiger partial charge in [-0.3, -0.25) is 4.79 Å². The molecule has 0 aromatic heterocycles. The van der Waals surface area contributed by atoms with Gasteiger partial charge in [-0.1, -0.05) is 6.07 Å². The minimum absolute atomic E-state index is 0.0970. The predicted molar refractivity (Wildman–Crippen MR) is 72.1 cm³/mol. The molecule has 1 aromatic rings. The van der Waals surface area contributed by atoms with E-state index in [0.29, 0.717) is 11.3 Å². The van der Waals surface area contributed by atoms with Gasteiger partial charge in [0, 0.05) is 17.3 Å². The minimum Gasteiger partial charge on any atom is -0.481 e. The van der Waals surface area contributed by atoms with Gasteiger partial charge in [0.2, 0.25) is 0 Å². The van der Waals surface area contributed by atoms with E-state index in [9.17, 15) is 14.0 Å². The summed E-state index contributed by atoms with van der Waals surface area (Å²) in [5, 5.41) is 14.0. The number of rotatable bonds is 5. The van der Waals surface area contributed by atoms with E-state index in [-0.39, 0.29) is 18.4 Å². The number of halogens is 1. The van der Waals surface area contributed by atoms with E-state index < -0.39 is 17.8 Å². The van der Waals surface area contributed by atoms with Crippen LogP contribution in [0.2, 0.25) is 0 Å². The molecule has 0 radical (unpaired) electrons. The van der Waals surface area contributed by atoms with Crippen LogP contribution in [0.4, 0.5) is 14.9 Å². The van der Waals surface area contributed by atoms with Gasteiger partial charge in [-0.2, -0.15) is 0 Å². The molecule has 1 fully saturated rings. The van der Waals surface area contributed by atoms with Crippen molar-refractivity contribution in [3.8, 4) is 0 Å². The maximum atomic E-state index is 13.4. The molecule has 1 atom stereocenters. The normalized spacial score (nSPS) is 15.5. The Kier molecular flexibility index (Phi) is 4.22. The van der Waals surface area contributed by atoms with Gasteiger partial charge in [-0.05, 0) is 37.8 Å². The number of carbonyl (C=O) groups excluding carboxylic acids is 1. The first-order valence-electron chi connectivity index (χ1n) is 6.52. The molecule has 1 saturated carbocycles. The first-order chi connectivity index (χ1) is 9.47. The van der Waals surface area contributed by atoms with E-state index in [4.69, 9.17) is 5.11 Å². The first-order valence-corrected chi connectivity index (χ1v) is 6.52. The lowest BCUT2D eigenvalue weighted by atomic mass is 10.1. The topological polar surface area (TPSA) is 78.4 Å². The van der Waals surface area contributed by atoms with Gasteiger partial charge in [0.15, 0.2) is 0 Å². The number of hydrogen-bond acceptors (Lipinski definition) is 2. The van der Waals surface area contributed by atoms with Crippen LogP contribution in [0.3, 0.4) is 0 Å². The Morgan fingerprint density at radius 3 is 2.75 bits per heavy atom. The molecule has 2 amide bonds. The molecule has 20 heavy (non-hydrogen) atoms. The van der Waals surface area contributed by atoms with E-state index in [0.717, 1.165) is 12.8 Å². The van der Waals surface area contributed by atoms with Gasteiger partial charge in [0.25, 0.3) is 0 Å². The molecule has 0 saturated heterocycles. The second-order valence-corrected chi connectivity index (χ2v) is 5.05. The zero-order valence-electron chi connectivity index (χ0n) is 11.1. The number of anilines is 1. The third kappa shape index (κ3) is 3.69. The molecule has 2 rings (SSSR count). The number of benzene rings is 1. The SMILES string of the molecule is Cc1c(F)cccc1NC(=O)NC(CC(=O)O)C1CC1. The van der Waals surface area contributed by atoms with Gasteiger partial charge in [-0.15, -0.1) is 0 Å². The van der Waals surface area contributed by atoms with Crippen LogP contribution in [0.15, 0.2) is 18.2 Å². The number of amides is 2. The van der Waals surface area contributed by atoms with Crippen molar-refractivity contribution in [2.45, 2.75) is 32.2 Å². The summed E-state index contributed by atoms with van der Waals surface area (Å²) < 4.78 is 13.4. The summed E-state index contributed by atoms with van der Waals surface area (Å²) in [5.41, 5.74) is 0.733. The first kappa shape index (κ1) is 14.3. The number of carboxylic acids is 1. The highest BCUT2D eigenvalue weighted by atomic mass is 19.1. The standard InChI is InChI=1S/C14H17FN2O3/c1-8-10(15)3-2-4-11(8)16-14(20)17-12(7-13(18)19)9-5-6-9/h2-4,9,12H,5-7H2,1H3,(H,18,19)(H2,16,17,20).